The third kappa shape index (κ3) is 4.57. The summed E-state index contributed by atoms with van der Waals surface area (Å²) in [6, 6.07) is 11.5. The molecule has 152 valence electrons. The van der Waals surface area contributed by atoms with Gasteiger partial charge in [-0.3, -0.25) is 4.79 Å². The molecule has 0 aliphatic carbocycles. The van der Waals surface area contributed by atoms with Gasteiger partial charge in [0.15, 0.2) is 11.0 Å². The average molecular weight is 431 g/mol. The number of hydrogen-bond donors (Lipinski definition) is 1. The molecule has 1 heterocycles. The number of aromatic nitrogens is 3. The van der Waals surface area contributed by atoms with Gasteiger partial charge in [-0.15, -0.1) is 10.2 Å². The highest BCUT2D eigenvalue weighted by Gasteiger charge is 2.21. The number of thioether (sulfide) groups is 1. The highest BCUT2D eigenvalue weighted by molar-refractivity contribution is 8.00. The second kappa shape index (κ2) is 8.88. The van der Waals surface area contributed by atoms with Crippen molar-refractivity contribution in [2.75, 3.05) is 12.4 Å². The van der Waals surface area contributed by atoms with E-state index in [4.69, 9.17) is 16.3 Å². The van der Waals surface area contributed by atoms with Crippen LogP contribution in [0.1, 0.15) is 18.1 Å². The first kappa shape index (κ1) is 21.2. The van der Waals surface area contributed by atoms with Crippen molar-refractivity contribution in [3.05, 3.63) is 52.5 Å². The quantitative estimate of drug-likeness (QED) is 0.564. The first-order valence-corrected chi connectivity index (χ1v) is 10.3. The van der Waals surface area contributed by atoms with Crippen LogP contribution in [-0.4, -0.2) is 33.0 Å². The number of hydrogen-bond acceptors (Lipinski definition) is 5. The average Bonchev–Trinajstić information content (AvgIpc) is 3.05. The summed E-state index contributed by atoms with van der Waals surface area (Å²) in [7, 11) is 3.45. The number of carbonyl (C=O) groups excluding carboxylic acids is 1. The molecular formula is C21H23ClN4O2S. The molecule has 3 rings (SSSR count). The Labute approximate surface area is 179 Å². The Morgan fingerprint density at radius 3 is 2.62 bits per heavy atom. The van der Waals surface area contributed by atoms with E-state index >= 15 is 0 Å². The van der Waals surface area contributed by atoms with E-state index in [2.05, 4.69) is 15.5 Å². The number of amides is 1. The predicted octanol–water partition coefficient (Wildman–Crippen LogP) is 4.88. The lowest BCUT2D eigenvalue weighted by Gasteiger charge is -2.15. The van der Waals surface area contributed by atoms with Crippen molar-refractivity contribution in [3.8, 4) is 17.1 Å². The monoisotopic (exact) mass is 430 g/mol. The van der Waals surface area contributed by atoms with Crippen molar-refractivity contribution in [2.45, 2.75) is 31.2 Å². The van der Waals surface area contributed by atoms with Crippen molar-refractivity contribution in [1.29, 1.82) is 0 Å². The number of nitrogens with one attached hydrogen (secondary N) is 1. The lowest BCUT2D eigenvalue weighted by molar-refractivity contribution is -0.115. The summed E-state index contributed by atoms with van der Waals surface area (Å²) in [4.78, 5) is 12.7. The highest BCUT2D eigenvalue weighted by Crippen LogP contribution is 2.32. The molecule has 0 bridgehead atoms. The molecule has 1 unspecified atom stereocenters. The summed E-state index contributed by atoms with van der Waals surface area (Å²) in [5.74, 6) is 1.13. The van der Waals surface area contributed by atoms with Crippen LogP contribution >= 0.6 is 23.4 Å². The Morgan fingerprint density at radius 2 is 1.93 bits per heavy atom. The smallest absolute Gasteiger partial charge is 0.237 e. The van der Waals surface area contributed by atoms with Crippen LogP contribution < -0.4 is 10.1 Å². The van der Waals surface area contributed by atoms with Gasteiger partial charge in [-0.1, -0.05) is 47.6 Å². The first-order valence-electron chi connectivity index (χ1n) is 9.09. The molecule has 0 saturated heterocycles. The highest BCUT2D eigenvalue weighted by atomic mass is 35.5. The fourth-order valence-corrected chi connectivity index (χ4v) is 3.82. The summed E-state index contributed by atoms with van der Waals surface area (Å²) < 4.78 is 7.24. The number of ether oxygens (including phenoxy) is 1. The summed E-state index contributed by atoms with van der Waals surface area (Å²) in [6.07, 6.45) is 0. The molecule has 1 N–H and O–H groups in total. The van der Waals surface area contributed by atoms with E-state index in [0.29, 0.717) is 21.6 Å². The number of methoxy groups -OCH3 is 1. The second-order valence-corrected chi connectivity index (χ2v) is 8.45. The number of aryl methyl sites for hydroxylation is 2. The van der Waals surface area contributed by atoms with Crippen LogP contribution in [0.25, 0.3) is 11.4 Å². The molecule has 0 aliphatic heterocycles. The van der Waals surface area contributed by atoms with Gasteiger partial charge in [0, 0.05) is 23.7 Å². The summed E-state index contributed by atoms with van der Waals surface area (Å²) in [6.45, 7) is 5.74. The minimum absolute atomic E-state index is 0.157. The van der Waals surface area contributed by atoms with E-state index in [1.807, 2.05) is 56.7 Å². The van der Waals surface area contributed by atoms with Gasteiger partial charge >= 0.3 is 0 Å². The van der Waals surface area contributed by atoms with Crippen LogP contribution in [0.4, 0.5) is 5.69 Å². The van der Waals surface area contributed by atoms with Crippen LogP contribution in [0.15, 0.2) is 41.6 Å². The standard InChI is InChI=1S/C21H23ClN4O2S/c1-12-8-6-7-9-15(12)19-24-25-21(26(19)4)29-14(3)20(27)23-17-10-13(2)16(22)11-18(17)28-5/h6-11,14H,1-5H3,(H,23,27). The molecule has 8 heteroatoms. The zero-order valence-electron chi connectivity index (χ0n) is 17.0. The minimum Gasteiger partial charge on any atom is -0.495 e. The molecule has 3 aromatic rings. The topological polar surface area (TPSA) is 69.0 Å². The minimum atomic E-state index is -0.386. The van der Waals surface area contributed by atoms with Gasteiger partial charge in [-0.05, 0) is 38.0 Å². The fraction of sp³-hybridized carbons (Fsp3) is 0.286. The molecule has 1 amide bonds. The van der Waals surface area contributed by atoms with Crippen molar-refractivity contribution in [2.24, 2.45) is 7.05 Å². The van der Waals surface area contributed by atoms with Crippen molar-refractivity contribution in [1.82, 2.24) is 14.8 Å². The number of rotatable bonds is 6. The van der Waals surface area contributed by atoms with Crippen LogP contribution in [-0.2, 0) is 11.8 Å². The Kier molecular flexibility index (Phi) is 6.49. The van der Waals surface area contributed by atoms with E-state index < -0.39 is 0 Å². The fourth-order valence-electron chi connectivity index (χ4n) is 2.85. The SMILES string of the molecule is COc1cc(Cl)c(C)cc1NC(=O)C(C)Sc1nnc(-c2ccccc2C)n1C. The van der Waals surface area contributed by atoms with Gasteiger partial charge < -0.3 is 14.6 Å². The van der Waals surface area contributed by atoms with Gasteiger partial charge in [0.25, 0.3) is 0 Å². The molecular weight excluding hydrogens is 408 g/mol. The number of anilines is 1. The Morgan fingerprint density at radius 1 is 1.21 bits per heavy atom. The molecule has 2 aromatic carbocycles. The van der Waals surface area contributed by atoms with Crippen molar-refractivity contribution in [3.63, 3.8) is 0 Å². The molecule has 1 atom stereocenters. The maximum Gasteiger partial charge on any atom is 0.237 e. The summed E-state index contributed by atoms with van der Waals surface area (Å²) >= 11 is 7.49. The van der Waals surface area contributed by atoms with E-state index in [9.17, 15) is 4.79 Å². The van der Waals surface area contributed by atoms with E-state index in [1.165, 1.54) is 11.8 Å². The number of nitrogens with zero attached hydrogens (tertiary/aromatic N) is 3. The maximum absolute atomic E-state index is 12.7. The molecule has 0 radical (unpaired) electrons. The zero-order chi connectivity index (χ0) is 21.1. The first-order chi connectivity index (χ1) is 13.8. The Balaban J connectivity index is 1.76. The van der Waals surface area contributed by atoms with Gasteiger partial charge in [-0.2, -0.15) is 0 Å². The number of benzene rings is 2. The number of halogens is 1. The molecule has 29 heavy (non-hydrogen) atoms. The molecule has 1 aromatic heterocycles. The van der Waals surface area contributed by atoms with Crippen LogP contribution in [0.5, 0.6) is 5.75 Å². The summed E-state index contributed by atoms with van der Waals surface area (Å²) in [5, 5.41) is 12.4. The third-order valence-electron chi connectivity index (χ3n) is 4.61. The molecule has 0 fully saturated rings. The van der Waals surface area contributed by atoms with E-state index in [1.54, 1.807) is 19.2 Å². The molecule has 0 aliphatic rings. The van der Waals surface area contributed by atoms with Gasteiger partial charge in [-0.25, -0.2) is 0 Å². The summed E-state index contributed by atoms with van der Waals surface area (Å²) in [5.41, 5.74) is 3.59. The van der Waals surface area contributed by atoms with Crippen LogP contribution in [0, 0.1) is 13.8 Å². The van der Waals surface area contributed by atoms with Crippen LogP contribution in [0.2, 0.25) is 5.02 Å². The van der Waals surface area contributed by atoms with E-state index in [0.717, 1.165) is 22.5 Å². The van der Waals surface area contributed by atoms with Gasteiger partial charge in [0.1, 0.15) is 5.75 Å². The lowest BCUT2D eigenvalue weighted by atomic mass is 10.1. The molecule has 6 nitrogen and oxygen atoms in total. The Hall–Kier alpha value is -2.51. The van der Waals surface area contributed by atoms with Crippen molar-refractivity contribution >= 4 is 35.0 Å². The largest absolute Gasteiger partial charge is 0.495 e. The van der Waals surface area contributed by atoms with Crippen molar-refractivity contribution < 1.29 is 9.53 Å². The zero-order valence-corrected chi connectivity index (χ0v) is 18.6. The van der Waals surface area contributed by atoms with E-state index in [-0.39, 0.29) is 11.2 Å². The van der Waals surface area contributed by atoms with Crippen LogP contribution in [0.3, 0.4) is 0 Å². The lowest BCUT2D eigenvalue weighted by Crippen LogP contribution is -2.23. The Bertz CT molecular complexity index is 1050. The number of carbonyl (C=O) groups is 1. The van der Waals surface area contributed by atoms with Gasteiger partial charge in [0.05, 0.1) is 18.0 Å². The molecule has 0 spiro atoms. The van der Waals surface area contributed by atoms with Gasteiger partial charge in [0.2, 0.25) is 5.91 Å². The predicted molar refractivity (Wildman–Crippen MR) is 118 cm³/mol. The molecule has 0 saturated carbocycles. The third-order valence-corrected chi connectivity index (χ3v) is 6.15. The second-order valence-electron chi connectivity index (χ2n) is 6.73. The maximum atomic E-state index is 12.7. The normalized spacial score (nSPS) is 11.9.